The van der Waals surface area contributed by atoms with Gasteiger partial charge in [-0.2, -0.15) is 13.2 Å². The minimum absolute atomic E-state index is 0.000441. The highest BCUT2D eigenvalue weighted by Crippen LogP contribution is 2.59. The van der Waals surface area contributed by atoms with E-state index in [1.165, 1.54) is 12.1 Å². The van der Waals surface area contributed by atoms with E-state index in [4.69, 9.17) is 0 Å². The van der Waals surface area contributed by atoms with Gasteiger partial charge in [0.2, 0.25) is 0 Å². The van der Waals surface area contributed by atoms with E-state index >= 15 is 0 Å². The summed E-state index contributed by atoms with van der Waals surface area (Å²) in [6, 6.07) is 33.1. The highest BCUT2D eigenvalue weighted by atomic mass is 19.4. The van der Waals surface area contributed by atoms with Crippen LogP contribution in [0.5, 0.6) is 0 Å². The Hall–Kier alpha value is -5.25. The summed E-state index contributed by atoms with van der Waals surface area (Å²) in [5.41, 5.74) is 1.31. The Morgan fingerprint density at radius 1 is 0.898 bits per heavy atom. The van der Waals surface area contributed by atoms with Gasteiger partial charge >= 0.3 is 12.2 Å². The first-order valence-corrected chi connectivity index (χ1v) is 20.6. The van der Waals surface area contributed by atoms with Crippen LogP contribution in [0.3, 0.4) is 0 Å². The molecule has 0 aliphatic heterocycles. The standard InChI is InChI=1S/C50H53F3N2O4/c1-33-12-11-26-48(3)45(43-24-22-35(28-41(56)23-21-33)29-44(43)46(57)38-17-10-19-40(30-38)50(51,52)53)25-27-49(48,59)32-55(47(58)54-34(2)36-13-5-4-6-14-36)31-39-18-9-16-37-15-7-8-20-42(37)39/h4-10,12-20,22,24,29-30,34,41,45,56,59H,11,21,23,25-28,31-32H2,1-3H3,(H,54,58)/t34-,41+,45+,48+,49-/m1/s1. The third-order valence-corrected chi connectivity index (χ3v) is 13.0. The number of benzene rings is 5. The van der Waals surface area contributed by atoms with Gasteiger partial charge in [0.05, 0.1) is 29.9 Å². The number of carbonyl (C=O) groups excluding carboxylic acids is 2. The molecule has 0 saturated heterocycles. The molecular weight excluding hydrogens is 750 g/mol. The molecule has 9 heteroatoms. The summed E-state index contributed by atoms with van der Waals surface area (Å²) in [5, 5.41) is 29.5. The summed E-state index contributed by atoms with van der Waals surface area (Å²) in [5.74, 6) is -0.937. The number of alkyl halides is 3. The van der Waals surface area contributed by atoms with Gasteiger partial charge < -0.3 is 20.4 Å². The number of nitrogens with one attached hydrogen (secondary N) is 1. The Balaban J connectivity index is 1.31. The molecule has 0 heterocycles. The summed E-state index contributed by atoms with van der Waals surface area (Å²) in [7, 11) is 0. The van der Waals surface area contributed by atoms with E-state index < -0.39 is 40.6 Å². The number of halogens is 3. The first kappa shape index (κ1) is 41.9. The molecule has 59 heavy (non-hydrogen) atoms. The summed E-state index contributed by atoms with van der Waals surface area (Å²) in [4.78, 5) is 30.7. The number of aliphatic hydroxyl groups is 2. The Bertz CT molecular complexity index is 2340. The maximum absolute atomic E-state index is 14.6. The van der Waals surface area contributed by atoms with Crippen molar-refractivity contribution in [2.75, 3.05) is 6.54 Å². The molecular formula is C50H53F3N2O4. The van der Waals surface area contributed by atoms with Crippen LogP contribution in [0.4, 0.5) is 18.0 Å². The largest absolute Gasteiger partial charge is 0.416 e. The summed E-state index contributed by atoms with van der Waals surface area (Å²) in [6.45, 7) is 6.25. The first-order chi connectivity index (χ1) is 28.1. The monoisotopic (exact) mass is 802 g/mol. The van der Waals surface area contributed by atoms with Gasteiger partial charge in [-0.3, -0.25) is 4.79 Å². The van der Waals surface area contributed by atoms with Crippen LogP contribution in [-0.4, -0.2) is 45.2 Å². The molecule has 1 saturated carbocycles. The lowest BCUT2D eigenvalue weighted by Crippen LogP contribution is -2.55. The number of urea groups is 1. The van der Waals surface area contributed by atoms with Gasteiger partial charge in [0.15, 0.2) is 5.78 Å². The zero-order valence-electron chi connectivity index (χ0n) is 33.9. The zero-order chi connectivity index (χ0) is 42.0. The predicted octanol–water partition coefficient (Wildman–Crippen LogP) is 11.1. The second kappa shape index (κ2) is 17.2. The number of nitrogens with zero attached hydrogens (tertiary/aromatic N) is 1. The Morgan fingerprint density at radius 2 is 1.63 bits per heavy atom. The van der Waals surface area contributed by atoms with E-state index in [-0.39, 0.29) is 42.7 Å². The molecule has 5 aromatic carbocycles. The second-order valence-electron chi connectivity index (χ2n) is 16.9. The van der Waals surface area contributed by atoms with E-state index in [9.17, 15) is 33.0 Å². The maximum atomic E-state index is 14.6. The molecule has 2 amide bonds. The SMILES string of the molecule is CC1=CCC[C@@]2(C)[C@@H](CC[C@@]2(O)CN(Cc2cccc3ccccc23)C(=O)N[C@H](C)c2ccccc2)c2ccc(cc2C(=O)c2cccc(C(F)(F)F)c2)C[C@@H](O)CC1. The number of carbonyl (C=O) groups is 2. The number of aliphatic hydroxyl groups excluding tert-OH is 1. The quantitative estimate of drug-likeness (QED) is 0.108. The van der Waals surface area contributed by atoms with Crippen molar-refractivity contribution in [1.29, 1.82) is 0 Å². The zero-order valence-corrected chi connectivity index (χ0v) is 33.9. The van der Waals surface area contributed by atoms with E-state index in [1.54, 1.807) is 11.0 Å². The average molecular weight is 803 g/mol. The topological polar surface area (TPSA) is 89.9 Å². The van der Waals surface area contributed by atoms with Crippen LogP contribution in [0.15, 0.2) is 127 Å². The predicted molar refractivity (Wildman–Crippen MR) is 226 cm³/mol. The van der Waals surface area contributed by atoms with Crippen LogP contribution in [-0.2, 0) is 19.1 Å². The molecule has 1 fully saturated rings. The molecule has 2 bridgehead atoms. The summed E-state index contributed by atoms with van der Waals surface area (Å²) < 4.78 is 41.6. The molecule has 3 aliphatic rings. The van der Waals surface area contributed by atoms with E-state index in [2.05, 4.69) is 11.4 Å². The van der Waals surface area contributed by atoms with Crippen LogP contribution in [0.2, 0.25) is 0 Å². The lowest BCUT2D eigenvalue weighted by molar-refractivity contribution is -0.137. The van der Waals surface area contributed by atoms with Gasteiger partial charge in [-0.15, -0.1) is 0 Å². The Morgan fingerprint density at radius 3 is 2.41 bits per heavy atom. The molecule has 6 nitrogen and oxygen atoms in total. The van der Waals surface area contributed by atoms with Gasteiger partial charge in [-0.1, -0.05) is 116 Å². The third kappa shape index (κ3) is 9.02. The fourth-order valence-electron chi connectivity index (χ4n) is 9.44. The van der Waals surface area contributed by atoms with Crippen molar-refractivity contribution in [3.63, 3.8) is 0 Å². The van der Waals surface area contributed by atoms with Crippen molar-refractivity contribution in [1.82, 2.24) is 10.2 Å². The summed E-state index contributed by atoms with van der Waals surface area (Å²) in [6.07, 6.45) is 0.210. The van der Waals surface area contributed by atoms with Gasteiger partial charge in [0.25, 0.3) is 0 Å². The molecule has 0 unspecified atom stereocenters. The normalized spacial score (nSPS) is 22.9. The molecule has 5 atom stereocenters. The highest BCUT2D eigenvalue weighted by molar-refractivity contribution is 6.10. The third-order valence-electron chi connectivity index (χ3n) is 13.0. The second-order valence-corrected chi connectivity index (χ2v) is 16.9. The van der Waals surface area contributed by atoms with Gasteiger partial charge in [0, 0.05) is 23.1 Å². The van der Waals surface area contributed by atoms with Crippen molar-refractivity contribution < 1.29 is 33.0 Å². The van der Waals surface area contributed by atoms with E-state index in [0.717, 1.165) is 39.6 Å². The minimum atomic E-state index is -4.63. The first-order valence-electron chi connectivity index (χ1n) is 20.6. The molecule has 308 valence electrons. The van der Waals surface area contributed by atoms with Gasteiger partial charge in [-0.05, 0) is 116 Å². The number of hydrogen-bond donors (Lipinski definition) is 3. The number of fused-ring (bicyclic) bond motifs is 9. The van der Waals surface area contributed by atoms with E-state index in [0.29, 0.717) is 49.7 Å². The molecule has 5 aromatic rings. The molecule has 0 aromatic heterocycles. The molecule has 0 radical (unpaired) electrons. The Labute approximate surface area is 344 Å². The Kier molecular flexibility index (Phi) is 12.2. The van der Waals surface area contributed by atoms with Crippen LogP contribution < -0.4 is 5.32 Å². The van der Waals surface area contributed by atoms with Crippen molar-refractivity contribution in [3.05, 3.63) is 166 Å². The van der Waals surface area contributed by atoms with Crippen molar-refractivity contribution >= 4 is 22.6 Å². The van der Waals surface area contributed by atoms with Crippen molar-refractivity contribution in [2.45, 2.75) is 102 Å². The van der Waals surface area contributed by atoms with Gasteiger partial charge in [-0.25, -0.2) is 4.79 Å². The van der Waals surface area contributed by atoms with Gasteiger partial charge in [0.1, 0.15) is 0 Å². The lowest BCUT2D eigenvalue weighted by atomic mass is 9.64. The average Bonchev–Trinajstić information content (AvgIpc) is 3.47. The lowest BCUT2D eigenvalue weighted by Gasteiger charge is -2.46. The fraction of sp³-hybridized carbons (Fsp3) is 0.360. The van der Waals surface area contributed by atoms with E-state index in [1.807, 2.05) is 106 Å². The minimum Gasteiger partial charge on any atom is -0.393 e. The highest BCUT2D eigenvalue weighted by Gasteiger charge is 2.57. The number of hydrogen-bond acceptors (Lipinski definition) is 4. The number of rotatable bonds is 8. The van der Waals surface area contributed by atoms with Crippen molar-refractivity contribution in [2.24, 2.45) is 5.41 Å². The molecule has 8 rings (SSSR count). The number of amides is 2. The molecule has 3 aliphatic carbocycles. The van der Waals surface area contributed by atoms with Crippen LogP contribution >= 0.6 is 0 Å². The molecule has 3 N–H and O–H groups in total. The smallest absolute Gasteiger partial charge is 0.393 e. The van der Waals surface area contributed by atoms with Crippen LogP contribution in [0.1, 0.15) is 115 Å². The van der Waals surface area contributed by atoms with Crippen LogP contribution in [0.25, 0.3) is 10.8 Å². The molecule has 0 spiro atoms. The van der Waals surface area contributed by atoms with Crippen LogP contribution in [0, 0.1) is 5.41 Å². The number of allylic oxidation sites excluding steroid dienone is 2. The maximum Gasteiger partial charge on any atom is 0.416 e. The summed E-state index contributed by atoms with van der Waals surface area (Å²) >= 11 is 0. The van der Waals surface area contributed by atoms with Crippen molar-refractivity contribution in [3.8, 4) is 0 Å². The number of ketones is 1. The fourth-order valence-corrected chi connectivity index (χ4v) is 9.44.